The van der Waals surface area contributed by atoms with E-state index in [1.54, 1.807) is 11.8 Å². The number of morpholine rings is 1. The van der Waals surface area contributed by atoms with E-state index in [9.17, 15) is 19.2 Å². The van der Waals surface area contributed by atoms with Gasteiger partial charge in [-0.1, -0.05) is 13.2 Å². The third-order valence-corrected chi connectivity index (χ3v) is 2.25. The zero-order chi connectivity index (χ0) is 19.3. The molecule has 1 fully saturated rings. The van der Waals surface area contributed by atoms with Crippen molar-refractivity contribution in [3.63, 3.8) is 0 Å². The van der Waals surface area contributed by atoms with E-state index in [1.165, 1.54) is 27.7 Å². The Morgan fingerprint density at radius 3 is 1.92 bits per heavy atom. The topological polar surface area (TPSA) is 92.8 Å². The number of Topliss-reactive ketones (excluding diaryl/α,β-unsaturated/α-hetero) is 2. The highest BCUT2D eigenvalue weighted by Crippen LogP contribution is 2.08. The van der Waals surface area contributed by atoms with Crippen molar-refractivity contribution in [3.05, 3.63) is 24.8 Å². The van der Waals surface area contributed by atoms with E-state index in [0.717, 1.165) is 6.08 Å². The first-order valence-corrected chi connectivity index (χ1v) is 7.44. The Morgan fingerprint density at radius 1 is 1.08 bits per heavy atom. The molecular weight excluding hydrogens is 312 g/mol. The van der Waals surface area contributed by atoms with Gasteiger partial charge in [-0.05, 0) is 40.7 Å². The van der Waals surface area contributed by atoms with Crippen LogP contribution in [0, 0.1) is 0 Å². The van der Waals surface area contributed by atoms with Crippen molar-refractivity contribution in [2.24, 2.45) is 0 Å². The Balaban J connectivity index is 0. The monoisotopic (exact) mass is 340 g/mol. The molecule has 0 aromatic rings. The van der Waals surface area contributed by atoms with Crippen LogP contribution < -0.4 is 5.32 Å². The third-order valence-electron chi connectivity index (χ3n) is 2.25. The van der Waals surface area contributed by atoms with Gasteiger partial charge in [-0.2, -0.15) is 0 Å². The number of nitrogens with zero attached hydrogens (tertiary/aromatic N) is 1. The lowest BCUT2D eigenvalue weighted by atomic mass is 10.2. The van der Waals surface area contributed by atoms with Gasteiger partial charge in [0, 0.05) is 12.1 Å². The van der Waals surface area contributed by atoms with Gasteiger partial charge < -0.3 is 24.5 Å². The number of hydrogen-bond acceptors (Lipinski definition) is 5. The van der Waals surface area contributed by atoms with Crippen molar-refractivity contribution in [2.75, 3.05) is 19.8 Å². The lowest BCUT2D eigenvalue weighted by Crippen LogP contribution is -2.57. The van der Waals surface area contributed by atoms with Crippen LogP contribution >= 0.6 is 0 Å². The Labute approximate surface area is 143 Å². The molecule has 7 nitrogen and oxygen atoms in total. The van der Waals surface area contributed by atoms with Gasteiger partial charge in [-0.25, -0.2) is 0 Å². The fourth-order valence-corrected chi connectivity index (χ4v) is 1.43. The second-order valence-corrected chi connectivity index (χ2v) is 5.40. The minimum absolute atomic E-state index is 0.167. The maximum atomic E-state index is 11.8. The van der Waals surface area contributed by atoms with Crippen molar-refractivity contribution >= 4 is 23.4 Å². The zero-order valence-corrected chi connectivity index (χ0v) is 15.2. The van der Waals surface area contributed by atoms with E-state index in [0.29, 0.717) is 25.3 Å². The van der Waals surface area contributed by atoms with Gasteiger partial charge in [0.05, 0.1) is 13.2 Å². The molecule has 7 heteroatoms. The van der Waals surface area contributed by atoms with Crippen LogP contribution in [0.3, 0.4) is 0 Å². The number of ketones is 2. The summed E-state index contributed by atoms with van der Waals surface area (Å²) in [7, 11) is 0. The van der Waals surface area contributed by atoms with E-state index in [4.69, 9.17) is 4.74 Å². The molecular formula is C17H28N2O5. The molecule has 1 atom stereocenters. The molecule has 136 valence electrons. The van der Waals surface area contributed by atoms with E-state index in [-0.39, 0.29) is 23.4 Å². The molecule has 0 aromatic carbocycles. The van der Waals surface area contributed by atoms with Crippen LogP contribution in [0.25, 0.3) is 0 Å². The molecule has 1 heterocycles. The minimum Gasteiger partial charge on any atom is -0.376 e. The summed E-state index contributed by atoms with van der Waals surface area (Å²) in [6.07, 6.45) is 0.723. The molecule has 0 aliphatic carbocycles. The largest absolute Gasteiger partial charge is 0.376 e. The SMILES string of the molecule is C=CC(=O)NC1COCCN1C(=O)C(=C)C.CC(C)=O.CC(C)=O. The molecule has 1 aliphatic rings. The molecule has 1 unspecified atom stereocenters. The van der Waals surface area contributed by atoms with Gasteiger partial charge >= 0.3 is 0 Å². The first kappa shape index (κ1) is 24.0. The Hall–Kier alpha value is -2.28. The summed E-state index contributed by atoms with van der Waals surface area (Å²) in [5.41, 5.74) is 0.444. The van der Waals surface area contributed by atoms with Crippen molar-refractivity contribution in [1.29, 1.82) is 0 Å². The highest BCUT2D eigenvalue weighted by molar-refractivity contribution is 5.93. The van der Waals surface area contributed by atoms with Gasteiger partial charge in [0.15, 0.2) is 0 Å². The molecule has 0 radical (unpaired) electrons. The predicted octanol–water partition coefficient (Wildman–Crippen LogP) is 1.24. The normalized spacial score (nSPS) is 15.5. The number of hydrogen-bond donors (Lipinski definition) is 1. The molecule has 1 N–H and O–H groups in total. The molecule has 24 heavy (non-hydrogen) atoms. The van der Waals surface area contributed by atoms with Gasteiger partial charge in [-0.15, -0.1) is 0 Å². The van der Waals surface area contributed by atoms with E-state index in [2.05, 4.69) is 18.5 Å². The number of ether oxygens (including phenoxy) is 1. The van der Waals surface area contributed by atoms with Crippen LogP contribution in [0.1, 0.15) is 34.6 Å². The number of amides is 2. The van der Waals surface area contributed by atoms with Crippen LogP contribution in [0.15, 0.2) is 24.8 Å². The molecule has 1 aliphatic heterocycles. The van der Waals surface area contributed by atoms with Crippen LogP contribution in [0.2, 0.25) is 0 Å². The maximum Gasteiger partial charge on any atom is 0.250 e. The average molecular weight is 340 g/mol. The van der Waals surface area contributed by atoms with Gasteiger partial charge in [0.2, 0.25) is 5.91 Å². The van der Waals surface area contributed by atoms with E-state index >= 15 is 0 Å². The fourth-order valence-electron chi connectivity index (χ4n) is 1.43. The smallest absolute Gasteiger partial charge is 0.250 e. The highest BCUT2D eigenvalue weighted by atomic mass is 16.5. The van der Waals surface area contributed by atoms with Crippen LogP contribution in [-0.4, -0.2) is 54.2 Å². The number of carbonyl (C=O) groups is 4. The summed E-state index contributed by atoms with van der Waals surface area (Å²) in [5.74, 6) is -0.160. The van der Waals surface area contributed by atoms with Crippen molar-refractivity contribution in [1.82, 2.24) is 10.2 Å². The molecule has 1 saturated heterocycles. The third kappa shape index (κ3) is 13.4. The summed E-state index contributed by atoms with van der Waals surface area (Å²) in [5, 5.41) is 2.64. The lowest BCUT2D eigenvalue weighted by molar-refractivity contribution is -0.139. The first-order chi connectivity index (χ1) is 11.0. The first-order valence-electron chi connectivity index (χ1n) is 7.44. The van der Waals surface area contributed by atoms with Crippen LogP contribution in [0.4, 0.5) is 0 Å². The van der Waals surface area contributed by atoms with Crippen LogP contribution in [-0.2, 0) is 23.9 Å². The summed E-state index contributed by atoms with van der Waals surface area (Å²) in [4.78, 5) is 43.4. The van der Waals surface area contributed by atoms with E-state index in [1.807, 2.05) is 0 Å². The fraction of sp³-hybridized carbons (Fsp3) is 0.529. The average Bonchev–Trinajstić information content (AvgIpc) is 2.45. The molecule has 0 spiro atoms. The van der Waals surface area contributed by atoms with E-state index < -0.39 is 6.17 Å². The maximum absolute atomic E-state index is 11.8. The Bertz CT molecular complexity index is 465. The van der Waals surface area contributed by atoms with Crippen molar-refractivity contribution in [2.45, 2.75) is 40.8 Å². The Morgan fingerprint density at radius 2 is 1.54 bits per heavy atom. The standard InChI is InChI=1S/C11H16N2O3.2C3H6O/c1-4-10(14)12-9-7-16-6-5-13(9)11(15)8(2)3;2*1-3(2)4/h4,9H,1-2,5-7H2,3H3,(H,12,14);2*1-2H3. The second kappa shape index (κ2) is 13.2. The summed E-state index contributed by atoms with van der Waals surface area (Å²) >= 11 is 0. The second-order valence-electron chi connectivity index (χ2n) is 5.40. The number of nitrogens with one attached hydrogen (secondary N) is 1. The zero-order valence-electron chi connectivity index (χ0n) is 15.2. The summed E-state index contributed by atoms with van der Waals surface area (Å²) < 4.78 is 5.22. The summed E-state index contributed by atoms with van der Waals surface area (Å²) in [6, 6.07) is 0. The van der Waals surface area contributed by atoms with Crippen molar-refractivity contribution < 1.29 is 23.9 Å². The predicted molar refractivity (Wildman–Crippen MR) is 92.2 cm³/mol. The molecule has 0 bridgehead atoms. The Kier molecular flexibility index (Phi) is 13.2. The number of rotatable bonds is 3. The lowest BCUT2D eigenvalue weighted by Gasteiger charge is -2.35. The minimum atomic E-state index is -0.441. The molecule has 0 saturated carbocycles. The van der Waals surface area contributed by atoms with Gasteiger partial charge in [0.1, 0.15) is 17.7 Å². The molecule has 1 rings (SSSR count). The summed E-state index contributed by atoms with van der Waals surface area (Å²) in [6.45, 7) is 15.9. The molecule has 0 aromatic heterocycles. The van der Waals surface area contributed by atoms with Gasteiger partial charge in [-0.3, -0.25) is 9.59 Å². The highest BCUT2D eigenvalue weighted by Gasteiger charge is 2.28. The molecule has 2 amide bonds. The number of carbonyl (C=O) groups excluding carboxylic acids is 4. The van der Waals surface area contributed by atoms with Gasteiger partial charge in [0.25, 0.3) is 5.91 Å². The van der Waals surface area contributed by atoms with Crippen LogP contribution in [0.5, 0.6) is 0 Å². The quantitative estimate of drug-likeness (QED) is 0.780. The van der Waals surface area contributed by atoms with Crippen molar-refractivity contribution in [3.8, 4) is 0 Å².